The fourth-order valence-corrected chi connectivity index (χ4v) is 7.87. The summed E-state index contributed by atoms with van der Waals surface area (Å²) in [7, 11) is 2.91. The van der Waals surface area contributed by atoms with Gasteiger partial charge in [0, 0.05) is 159 Å². The molecule has 0 radical (unpaired) electrons. The number of aliphatic carboxylic acids is 3. The molecule has 0 fully saturated rings. The van der Waals surface area contributed by atoms with Crippen LogP contribution in [0.2, 0.25) is 6.04 Å². The fraction of sp³-hybridized carbons (Fsp3) is 0.595. The van der Waals surface area contributed by atoms with Gasteiger partial charge in [-0.2, -0.15) is 0 Å². The average Bonchev–Trinajstić information content (AvgIpc) is 1.04. The predicted molar refractivity (Wildman–Crippen MR) is 398 cm³/mol. The van der Waals surface area contributed by atoms with Gasteiger partial charge in [-0.15, -0.1) is 39.5 Å². The van der Waals surface area contributed by atoms with Crippen LogP contribution in [-0.2, 0) is 129 Å². The predicted octanol–water partition coefficient (Wildman–Crippen LogP) is 17.8. The largest absolute Gasteiger partial charge is 0.508 e. The molecule has 0 amide bonds. The molecule has 0 aliphatic rings. The molecule has 0 atom stereocenters. The number of anilines is 1. The molecule has 1 rings (SSSR count). The molecule has 0 unspecified atom stereocenters. The molecule has 0 saturated carbocycles. The van der Waals surface area contributed by atoms with Crippen molar-refractivity contribution in [1.29, 1.82) is 0 Å². The van der Waals surface area contributed by atoms with Crippen LogP contribution in [0.15, 0.2) is 150 Å². The first-order valence-electron chi connectivity index (χ1n) is 29.8. The number of esters is 1. The van der Waals surface area contributed by atoms with Crippen molar-refractivity contribution in [1.82, 2.24) is 0 Å². The number of phenolic OH excluding ortho intramolecular Hbond substituents is 1. The molecular weight excluding hydrogens is 1450 g/mol. The molecular formula is C74H143NO15SiTi2Zr2. The van der Waals surface area contributed by atoms with Crippen molar-refractivity contribution in [3.8, 4) is 5.75 Å². The van der Waals surface area contributed by atoms with Gasteiger partial charge in [0.25, 0.3) is 0 Å². The van der Waals surface area contributed by atoms with Crippen LogP contribution < -0.4 is 5.73 Å². The number of carboxylic acids is 3. The number of hydrogen-bond donors (Lipinski definition) is 9. The Bertz CT molecular complexity index is 1690. The second-order valence-corrected chi connectivity index (χ2v) is 21.9. The van der Waals surface area contributed by atoms with E-state index in [2.05, 4.69) is 91.3 Å². The molecule has 0 aromatic heterocycles. The summed E-state index contributed by atoms with van der Waals surface area (Å²) in [5.41, 5.74) is 7.05. The van der Waals surface area contributed by atoms with Gasteiger partial charge in [0.05, 0.1) is 19.8 Å². The number of methoxy groups -OCH3 is 1. The van der Waals surface area contributed by atoms with Gasteiger partial charge in [-0.3, -0.25) is 0 Å². The Morgan fingerprint density at radius 1 is 0.505 bits per heavy atom. The van der Waals surface area contributed by atoms with Gasteiger partial charge in [-0.25, -0.2) is 19.2 Å². The average molecular weight is 1590 g/mol. The third kappa shape index (κ3) is 107. The summed E-state index contributed by atoms with van der Waals surface area (Å²) in [6, 6.07) is 7.45. The van der Waals surface area contributed by atoms with E-state index < -0.39 is 17.9 Å². The summed E-state index contributed by atoms with van der Waals surface area (Å²) < 4.78 is 14.3. The van der Waals surface area contributed by atoms with Gasteiger partial charge in [0.1, 0.15) is 5.75 Å². The Kier molecular flexibility index (Phi) is 150. The Balaban J connectivity index is -0.0000000488. The molecule has 21 heteroatoms. The molecule has 1 aromatic carbocycles. The number of phenols is 1. The first kappa shape index (κ1) is 136. The zero-order valence-corrected chi connectivity index (χ0v) is 66.2. The first-order valence-corrected chi connectivity index (χ1v) is 31.4. The zero-order valence-electron chi connectivity index (χ0n) is 56.7. The maximum atomic E-state index is 10.8. The number of allylic oxidation sites excluding steroid dienone is 6. The van der Waals surface area contributed by atoms with Crippen LogP contribution in [0.5, 0.6) is 5.75 Å². The Labute approximate surface area is 653 Å². The molecule has 0 aliphatic carbocycles. The topological polar surface area (TPSA) is 284 Å². The summed E-state index contributed by atoms with van der Waals surface area (Å²) in [6.45, 7) is 46.6. The van der Waals surface area contributed by atoms with E-state index in [0.717, 1.165) is 159 Å². The molecule has 0 saturated heterocycles. The number of aliphatic hydroxyl groups is 4. The van der Waals surface area contributed by atoms with E-state index in [1.807, 2.05) is 36.5 Å². The number of aliphatic hydroxyl groups excluding tert-OH is 4. The van der Waals surface area contributed by atoms with Crippen LogP contribution in [0, 0.1) is 16.2 Å². The summed E-state index contributed by atoms with van der Waals surface area (Å²) >= 11 is 0. The van der Waals surface area contributed by atoms with Crippen LogP contribution in [0.3, 0.4) is 0 Å². The van der Waals surface area contributed by atoms with Crippen LogP contribution >= 0.6 is 0 Å². The van der Waals surface area contributed by atoms with E-state index in [-0.39, 0.29) is 183 Å². The number of carboxylic acid groups (broad SMARTS) is 3. The van der Waals surface area contributed by atoms with Gasteiger partial charge < -0.3 is 60.5 Å². The number of carbonyl (C=O) groups excluding carboxylic acids is 1. The number of benzene rings is 1. The Hall–Kier alpha value is -2.73. The maximum absolute atomic E-state index is 10.8. The monoisotopic (exact) mass is 1590 g/mol. The SMILES string of the molecule is C.C.C.C.C.C=C(C)C(=O)O.C=C(C)C(=O)OCCC[SiH2]OC.C=CC(=O)O.C=CC(=O)O.C=CCCCC(CC)(CO)CCCC=C.C=CCCCC(CC)(CO)CCCC=C.C=CCCCC(CC)(CO)CCCC=C.COCCO.Nc1ccc(O)cc1.[Ti].[Ti].[Zr].[Zr]. The molecule has 1 aromatic rings. The van der Waals surface area contributed by atoms with Gasteiger partial charge in [-0.1, -0.05) is 121 Å². The first-order chi connectivity index (χ1) is 40.8. The number of hydrogen-bond acceptors (Lipinski definition) is 13. The number of carbonyl (C=O) groups is 4. The van der Waals surface area contributed by atoms with E-state index in [9.17, 15) is 34.5 Å². The van der Waals surface area contributed by atoms with Crippen molar-refractivity contribution < 1.29 is 170 Å². The molecule has 0 heterocycles. The van der Waals surface area contributed by atoms with E-state index in [4.69, 9.17) is 40.4 Å². The van der Waals surface area contributed by atoms with E-state index in [1.54, 1.807) is 45.4 Å². The third-order valence-electron chi connectivity index (χ3n) is 13.2. The number of nitrogens with two attached hydrogens (primary N) is 1. The van der Waals surface area contributed by atoms with Crippen molar-refractivity contribution in [2.75, 3.05) is 59.6 Å². The molecule has 0 bridgehead atoms. The maximum Gasteiger partial charge on any atom is 0.333 e. The number of unbranched alkanes of at least 4 members (excludes halogenated alkanes) is 6. The second kappa shape index (κ2) is 105. The number of rotatable bonds is 41. The summed E-state index contributed by atoms with van der Waals surface area (Å²) in [5.74, 6) is -2.95. The zero-order chi connectivity index (χ0) is 67.9. The van der Waals surface area contributed by atoms with Crippen LogP contribution in [0.1, 0.15) is 213 Å². The van der Waals surface area contributed by atoms with Crippen LogP contribution in [0.4, 0.5) is 5.69 Å². The smallest absolute Gasteiger partial charge is 0.333 e. The van der Waals surface area contributed by atoms with Crippen molar-refractivity contribution in [2.45, 2.75) is 219 Å². The van der Waals surface area contributed by atoms with Gasteiger partial charge >= 0.3 is 23.9 Å². The molecule has 554 valence electrons. The van der Waals surface area contributed by atoms with Crippen molar-refractivity contribution in [3.05, 3.63) is 150 Å². The minimum atomic E-state index is -0.981. The molecule has 16 nitrogen and oxygen atoms in total. The Morgan fingerprint density at radius 2 is 0.758 bits per heavy atom. The van der Waals surface area contributed by atoms with Crippen molar-refractivity contribution in [2.24, 2.45) is 16.2 Å². The quantitative estimate of drug-likeness (QED) is 0.00560. The third-order valence-corrected chi connectivity index (χ3v) is 14.4. The van der Waals surface area contributed by atoms with Crippen LogP contribution in [-0.4, -0.2) is 128 Å². The standard InChI is InChI=1S/3C14H26O.C8H16O3Si.C6H7NO.C4H6O2.C3H8O2.2C3H4O2.5CH4.2Ti.2Zr/c3*1-4-7-9-11-14(6-3,13-15)12-10-8-5-2;1-7(2)8(9)11-5-4-6-12-10-3;7-5-1-3-6(8)4-2-5;1-3(2)4(5)6;1-5-3-2-4;2*1-2-3(4)5;;;;;;;;;/h3*4-5,15H,1-2,6-13H2,3H3;1,4-6,12H2,2-3H3;1-4,8H,7H2;1H2,2H3,(H,5,6);4H,2-3H2,1H3;2*2H,1H2,(H,4,5);5*1H4;;;;. The van der Waals surface area contributed by atoms with E-state index in [1.165, 1.54) is 6.92 Å². The van der Waals surface area contributed by atoms with E-state index in [0.29, 0.717) is 44.3 Å². The van der Waals surface area contributed by atoms with Crippen molar-refractivity contribution >= 4 is 39.3 Å². The van der Waals surface area contributed by atoms with Gasteiger partial charge in [-0.05, 0) is 202 Å². The summed E-state index contributed by atoms with van der Waals surface area (Å²) in [6.07, 6.45) is 37.4. The second-order valence-electron chi connectivity index (χ2n) is 20.2. The molecule has 0 aliphatic heterocycles. The van der Waals surface area contributed by atoms with Gasteiger partial charge in [0.15, 0.2) is 9.76 Å². The molecule has 95 heavy (non-hydrogen) atoms. The minimum absolute atomic E-state index is 0. The normalized spacial score (nSPS) is 9.04. The van der Waals surface area contributed by atoms with Gasteiger partial charge in [0.2, 0.25) is 0 Å². The minimum Gasteiger partial charge on any atom is -0.508 e. The number of nitrogen functional groups attached to an aromatic ring is 1. The number of ether oxygens (including phenoxy) is 2. The fourth-order valence-electron chi connectivity index (χ4n) is 7.18. The number of aromatic hydroxyl groups is 1. The van der Waals surface area contributed by atoms with Crippen LogP contribution in [0.25, 0.3) is 0 Å². The summed E-state index contributed by atoms with van der Waals surface area (Å²) in [4.78, 5) is 38.9. The van der Waals surface area contributed by atoms with E-state index >= 15 is 0 Å². The van der Waals surface area contributed by atoms with Crippen molar-refractivity contribution in [3.63, 3.8) is 0 Å². The summed E-state index contributed by atoms with van der Waals surface area (Å²) in [5, 5.41) is 68.3. The molecule has 10 N–H and O–H groups in total. The molecule has 0 spiro atoms. The Morgan fingerprint density at radius 3 is 0.895 bits per heavy atom.